The van der Waals surface area contributed by atoms with Crippen LogP contribution in [-0.2, 0) is 74.8 Å². The number of ether oxygens (including phenoxy) is 10. The number of benzene rings is 3. The number of aromatic nitrogens is 3. The third-order valence-electron chi connectivity index (χ3n) is 18.2. The van der Waals surface area contributed by atoms with Gasteiger partial charge >= 0.3 is 6.01 Å². The summed E-state index contributed by atoms with van der Waals surface area (Å²) in [6.45, 7) is 22.9. The zero-order chi connectivity index (χ0) is 70.8. The lowest BCUT2D eigenvalue weighted by atomic mass is 9.85. The maximum absolute atomic E-state index is 14.0. The van der Waals surface area contributed by atoms with E-state index < -0.39 is 35.4 Å². The monoisotopic (exact) mass is 1400 g/mol. The molecule has 0 unspecified atom stereocenters. The van der Waals surface area contributed by atoms with Crippen LogP contribution in [0.5, 0.6) is 6.01 Å². The largest absolute Gasteiger partial charge is 0.462 e. The number of aliphatic hydroxyl groups excluding tert-OH is 1. The fourth-order valence-electron chi connectivity index (χ4n) is 12.9. The van der Waals surface area contributed by atoms with Crippen LogP contribution < -0.4 is 25.2 Å². The molecule has 5 aromatic rings. The van der Waals surface area contributed by atoms with Gasteiger partial charge in [0.25, 0.3) is 0 Å². The van der Waals surface area contributed by atoms with Crippen molar-refractivity contribution in [3.05, 3.63) is 107 Å². The van der Waals surface area contributed by atoms with Crippen molar-refractivity contribution in [2.45, 2.75) is 109 Å². The molecule has 0 spiro atoms. The highest BCUT2D eigenvalue weighted by Crippen LogP contribution is 2.36. The van der Waals surface area contributed by atoms with Gasteiger partial charge in [-0.25, -0.2) is 4.98 Å². The Balaban J connectivity index is 0.551. The number of piperazine rings is 1. The fourth-order valence-corrected chi connectivity index (χ4v) is 13.7. The smallest absolute Gasteiger partial charge is 0.318 e. The Kier molecular flexibility index (Phi) is 30.1. The number of nitrogens with zero attached hydrogens (tertiary/aromatic N) is 9. The van der Waals surface area contributed by atoms with Crippen molar-refractivity contribution < 1.29 is 71.7 Å². The van der Waals surface area contributed by atoms with Gasteiger partial charge in [-0.2, -0.15) is 15.2 Å². The highest BCUT2D eigenvalue weighted by Gasteiger charge is 2.45. The van der Waals surface area contributed by atoms with Gasteiger partial charge in [-0.3, -0.25) is 24.1 Å². The summed E-state index contributed by atoms with van der Waals surface area (Å²) in [4.78, 5) is 79.0. The molecule has 3 aromatic carbocycles. The highest BCUT2D eigenvalue weighted by molar-refractivity contribution is 7.13. The molecule has 3 saturated heterocycles. The van der Waals surface area contributed by atoms with Gasteiger partial charge in [0, 0.05) is 68.4 Å². The summed E-state index contributed by atoms with van der Waals surface area (Å²) in [6.07, 6.45) is 2.25. The standard InChI is InChI=1S/C73H101N11O15S/c1-8-66(87)83-25-24-82(44-56(83)20-22-74)69-61-21-23-81(63-15-11-13-54-12-9-10-14-60(54)63)47-62(61)77-72(79-69)99-48-57-42-59(46-80(57)7)98-41-40-96-37-36-94-33-32-92-29-28-90-26-27-91-30-31-93-34-35-95-38-39-97-49-65(86)78-68(73(4,5)6)71(89)84-45-58(85)43-64(84)70(88)76-51(2)53-16-18-55(19-17-53)67-52(3)75-50-100-67/h8-19,50-51,56-59,64,68,85H,1,20-21,23-49H2,2-7H3,(H,76,88)(H,78,86)/t51-,56-,57-,58+,59+,64-,68+/m0/s1. The van der Waals surface area contributed by atoms with Crippen molar-refractivity contribution in [3.8, 4) is 22.5 Å². The number of carbonyl (C=O) groups excluding carboxylic acids is 4. The van der Waals surface area contributed by atoms with Gasteiger partial charge in [0.2, 0.25) is 23.6 Å². The molecule has 544 valence electrons. The maximum Gasteiger partial charge on any atom is 0.318 e. The van der Waals surface area contributed by atoms with E-state index in [0.717, 1.165) is 70.4 Å². The first-order valence-electron chi connectivity index (χ1n) is 34.8. The van der Waals surface area contributed by atoms with Crippen LogP contribution in [0.15, 0.2) is 84.9 Å². The minimum Gasteiger partial charge on any atom is -0.462 e. The minimum absolute atomic E-state index is 0.0197. The van der Waals surface area contributed by atoms with E-state index in [9.17, 15) is 29.5 Å². The molecule has 4 aliphatic rings. The summed E-state index contributed by atoms with van der Waals surface area (Å²) >= 11 is 1.57. The Hall–Kier alpha value is -7.30. The number of β-amino-alcohol motifs (C(OH)–C–C–N with tert-alkyl or cyclic N) is 1. The number of amides is 4. The predicted molar refractivity (Wildman–Crippen MR) is 378 cm³/mol. The summed E-state index contributed by atoms with van der Waals surface area (Å²) in [7, 11) is 2.07. The molecule has 0 saturated carbocycles. The third-order valence-corrected chi connectivity index (χ3v) is 19.2. The molecule has 9 rings (SSSR count). The topological polar surface area (TPSA) is 284 Å². The molecular weight excluding hydrogens is 1300 g/mol. The molecule has 2 aromatic heterocycles. The first kappa shape index (κ1) is 76.9. The molecule has 3 fully saturated rings. The van der Waals surface area contributed by atoms with Crippen LogP contribution >= 0.6 is 11.3 Å². The maximum atomic E-state index is 14.0. The van der Waals surface area contributed by atoms with Gasteiger partial charge in [-0.1, -0.05) is 88.0 Å². The third kappa shape index (κ3) is 22.3. The van der Waals surface area contributed by atoms with Crippen molar-refractivity contribution in [1.82, 2.24) is 40.3 Å². The molecule has 0 radical (unpaired) electrons. The number of likely N-dealkylation sites (tertiary alicyclic amines) is 2. The van der Waals surface area contributed by atoms with Crippen molar-refractivity contribution in [2.75, 3.05) is 175 Å². The lowest BCUT2D eigenvalue weighted by Crippen LogP contribution is -2.58. The first-order chi connectivity index (χ1) is 48.5. The van der Waals surface area contributed by atoms with Crippen LogP contribution in [-0.4, -0.2) is 260 Å². The second kappa shape index (κ2) is 39.2. The second-order valence-electron chi connectivity index (χ2n) is 26.5. The number of rotatable bonds is 40. The quantitative estimate of drug-likeness (QED) is 0.0313. The zero-order valence-electron chi connectivity index (χ0n) is 58.9. The number of likely N-dealkylation sites (N-methyl/N-ethyl adjacent to an activating group) is 1. The number of aryl methyl sites for hydroxylation is 1. The van der Waals surface area contributed by atoms with Crippen LogP contribution in [0.1, 0.15) is 75.5 Å². The number of nitrogens with one attached hydrogen (secondary N) is 2. The van der Waals surface area contributed by atoms with Gasteiger partial charge in [-0.15, -0.1) is 11.3 Å². The van der Waals surface area contributed by atoms with Crippen molar-refractivity contribution >= 4 is 57.2 Å². The van der Waals surface area contributed by atoms with Crippen LogP contribution in [0.2, 0.25) is 0 Å². The molecule has 100 heavy (non-hydrogen) atoms. The van der Waals surface area contributed by atoms with E-state index in [4.69, 9.17) is 57.3 Å². The van der Waals surface area contributed by atoms with Gasteiger partial charge in [0.05, 0.1) is 171 Å². The summed E-state index contributed by atoms with van der Waals surface area (Å²) in [5.74, 6) is -0.688. The number of hydrogen-bond acceptors (Lipinski definition) is 23. The summed E-state index contributed by atoms with van der Waals surface area (Å²) < 4.78 is 57.7. The molecule has 7 atom stereocenters. The van der Waals surface area contributed by atoms with Gasteiger partial charge in [-0.05, 0) is 67.8 Å². The minimum atomic E-state index is -0.979. The summed E-state index contributed by atoms with van der Waals surface area (Å²) in [5, 5.41) is 28.6. The predicted octanol–water partition coefficient (Wildman–Crippen LogP) is 5.71. The van der Waals surface area contributed by atoms with Crippen molar-refractivity contribution in [1.29, 1.82) is 5.26 Å². The average molecular weight is 1400 g/mol. The van der Waals surface area contributed by atoms with E-state index >= 15 is 0 Å². The molecule has 6 heterocycles. The molecular formula is C73H101N11O15S. The normalized spacial score (nSPS) is 19.4. The second-order valence-corrected chi connectivity index (χ2v) is 27.3. The van der Waals surface area contributed by atoms with Gasteiger partial charge < -0.3 is 82.7 Å². The van der Waals surface area contributed by atoms with E-state index in [1.165, 1.54) is 21.7 Å². The Labute approximate surface area is 591 Å². The van der Waals surface area contributed by atoms with E-state index in [1.807, 2.05) is 64.4 Å². The first-order valence-corrected chi connectivity index (χ1v) is 35.7. The Morgan fingerprint density at radius 3 is 1.99 bits per heavy atom. The SMILES string of the molecule is C=CC(=O)N1CCN(c2nc(OC[C@@H]3C[C@@H](OCCOCCOCCOCCOCCOCCOCCOCCOCC(=O)N[C@H](C(=O)N4C[C@H](O)C[C@H]4C(=O)N[C@@H](C)c4ccc(-c5scnc5C)cc4)C(C)(C)C)CN3C)nc3c2CCN(c2cccc4ccccc24)C3)C[C@@H]1CC#N. The molecule has 4 amide bonds. The van der Waals surface area contributed by atoms with Crippen molar-refractivity contribution in [2.24, 2.45) is 5.41 Å². The van der Waals surface area contributed by atoms with E-state index in [0.29, 0.717) is 131 Å². The highest BCUT2D eigenvalue weighted by atomic mass is 32.1. The lowest BCUT2D eigenvalue weighted by Gasteiger charge is -2.42. The van der Waals surface area contributed by atoms with E-state index in [1.54, 1.807) is 16.2 Å². The number of aliphatic hydroxyl groups is 1. The summed E-state index contributed by atoms with van der Waals surface area (Å²) in [6, 6.07) is 22.9. The summed E-state index contributed by atoms with van der Waals surface area (Å²) in [5.41, 5.74) is 7.13. The van der Waals surface area contributed by atoms with E-state index in [2.05, 4.69) is 92.5 Å². The molecule has 4 aliphatic heterocycles. The lowest BCUT2D eigenvalue weighted by molar-refractivity contribution is -0.144. The van der Waals surface area contributed by atoms with Crippen LogP contribution in [0.4, 0.5) is 11.5 Å². The molecule has 0 bridgehead atoms. The number of fused-ring (bicyclic) bond motifs is 2. The van der Waals surface area contributed by atoms with Crippen LogP contribution in [0.3, 0.4) is 0 Å². The fraction of sp³-hybridized carbons (Fsp3) is 0.589. The zero-order valence-corrected chi connectivity index (χ0v) is 59.7. The number of thiazole rings is 1. The number of hydrogen-bond donors (Lipinski definition) is 3. The number of nitriles is 1. The van der Waals surface area contributed by atoms with Gasteiger partial charge in [0.15, 0.2) is 0 Å². The molecule has 0 aliphatic carbocycles. The van der Waals surface area contributed by atoms with Crippen molar-refractivity contribution in [3.63, 3.8) is 0 Å². The van der Waals surface area contributed by atoms with E-state index in [-0.39, 0.29) is 75.3 Å². The number of carbonyl (C=O) groups is 4. The Morgan fingerprint density at radius 2 is 1.37 bits per heavy atom. The molecule has 26 nitrogen and oxygen atoms in total. The average Bonchev–Trinajstić information content (AvgIpc) is 0.996. The molecule has 27 heteroatoms. The van der Waals surface area contributed by atoms with Crippen LogP contribution in [0, 0.1) is 23.7 Å². The Bertz CT molecular complexity index is 3460. The number of anilines is 2. The van der Waals surface area contributed by atoms with Gasteiger partial charge in [0.1, 0.15) is 31.1 Å². The Morgan fingerprint density at radius 1 is 0.740 bits per heavy atom. The van der Waals surface area contributed by atoms with Crippen LogP contribution in [0.25, 0.3) is 21.2 Å². The molecule has 3 N–H and O–H groups in total.